The maximum absolute atomic E-state index is 11.9. The molecule has 1 aliphatic carbocycles. The first-order valence-electron chi connectivity index (χ1n) is 6.57. The topological polar surface area (TPSA) is 55.9 Å². The minimum atomic E-state index is -0.330. The van der Waals surface area contributed by atoms with E-state index in [0.717, 1.165) is 17.7 Å². The monoisotopic (exact) mass is 260 g/mol. The summed E-state index contributed by atoms with van der Waals surface area (Å²) in [6, 6.07) is 5.78. The minimum Gasteiger partial charge on any atom is -0.490 e. The van der Waals surface area contributed by atoms with E-state index in [0.29, 0.717) is 25.2 Å². The number of hydrogen-bond acceptors (Lipinski definition) is 4. The Morgan fingerprint density at radius 3 is 2.79 bits per heavy atom. The highest BCUT2D eigenvalue weighted by molar-refractivity contribution is 6.41. The molecule has 2 aliphatic rings. The number of carbonyl (C=O) groups excluding carboxylic acids is 2. The summed E-state index contributed by atoms with van der Waals surface area (Å²) in [6.07, 6.45) is 1.12. The van der Waals surface area contributed by atoms with Gasteiger partial charge in [0.05, 0.1) is 12.5 Å². The fraction of sp³-hybridized carbons (Fsp3) is 0.467. The summed E-state index contributed by atoms with van der Waals surface area (Å²) in [6.45, 7) is 3.22. The number of epoxide rings is 1. The fourth-order valence-electron chi connectivity index (χ4n) is 2.42. The van der Waals surface area contributed by atoms with Crippen molar-refractivity contribution >= 4 is 11.6 Å². The molecule has 4 heteroatoms. The van der Waals surface area contributed by atoms with Crippen LogP contribution >= 0.6 is 0 Å². The van der Waals surface area contributed by atoms with E-state index in [1.54, 1.807) is 0 Å². The van der Waals surface area contributed by atoms with Crippen LogP contribution in [0.25, 0.3) is 0 Å². The molecule has 1 saturated carbocycles. The molecule has 0 bridgehead atoms. The summed E-state index contributed by atoms with van der Waals surface area (Å²) < 4.78 is 10.9. The molecule has 3 rings (SSSR count). The smallest absolute Gasteiger partial charge is 0.205 e. The first-order chi connectivity index (χ1) is 9.15. The molecule has 0 amide bonds. The molecule has 0 radical (unpaired) electrons. The van der Waals surface area contributed by atoms with Gasteiger partial charge in [0, 0.05) is 12.0 Å². The summed E-state index contributed by atoms with van der Waals surface area (Å²) in [5.74, 6) is -0.162. The highest BCUT2D eigenvalue weighted by Crippen LogP contribution is 2.36. The molecular formula is C15H16O4. The largest absolute Gasteiger partial charge is 0.490 e. The van der Waals surface area contributed by atoms with Crippen molar-refractivity contribution in [2.24, 2.45) is 0 Å². The van der Waals surface area contributed by atoms with E-state index in [2.05, 4.69) is 0 Å². The van der Waals surface area contributed by atoms with Crippen molar-refractivity contribution in [1.29, 1.82) is 0 Å². The molecule has 0 N–H and O–H groups in total. The summed E-state index contributed by atoms with van der Waals surface area (Å²) in [7, 11) is 0. The molecule has 0 aromatic heterocycles. The Hall–Kier alpha value is -1.68. The van der Waals surface area contributed by atoms with Crippen molar-refractivity contribution in [2.75, 3.05) is 13.2 Å². The van der Waals surface area contributed by atoms with Crippen LogP contribution in [0.15, 0.2) is 18.2 Å². The van der Waals surface area contributed by atoms with Crippen molar-refractivity contribution in [2.45, 2.75) is 31.8 Å². The van der Waals surface area contributed by atoms with Gasteiger partial charge in [0.2, 0.25) is 5.78 Å². The number of Topliss-reactive ketones (excluding diaryl/α,β-unsaturated/α-hetero) is 2. The van der Waals surface area contributed by atoms with E-state index in [-0.39, 0.29) is 23.6 Å². The van der Waals surface area contributed by atoms with Crippen LogP contribution in [-0.4, -0.2) is 30.9 Å². The molecule has 2 fully saturated rings. The van der Waals surface area contributed by atoms with Crippen molar-refractivity contribution in [3.05, 3.63) is 29.3 Å². The quantitative estimate of drug-likeness (QED) is 0.611. The molecular weight excluding hydrogens is 244 g/mol. The Morgan fingerprint density at radius 2 is 2.16 bits per heavy atom. The SMILES string of the molecule is Cc1ccc(C2CCC(=O)C2=O)c(OCC2CO2)c1. The Labute approximate surface area is 111 Å². The maximum atomic E-state index is 11.9. The predicted molar refractivity (Wildman–Crippen MR) is 68.4 cm³/mol. The van der Waals surface area contributed by atoms with Gasteiger partial charge in [-0.1, -0.05) is 12.1 Å². The number of aryl methyl sites for hydroxylation is 1. The van der Waals surface area contributed by atoms with Gasteiger partial charge in [-0.15, -0.1) is 0 Å². The fourth-order valence-corrected chi connectivity index (χ4v) is 2.42. The molecule has 19 heavy (non-hydrogen) atoms. The molecule has 2 unspecified atom stereocenters. The molecule has 2 atom stereocenters. The highest BCUT2D eigenvalue weighted by atomic mass is 16.6. The molecule has 100 valence electrons. The minimum absolute atomic E-state index is 0.175. The zero-order valence-electron chi connectivity index (χ0n) is 10.8. The average molecular weight is 260 g/mol. The zero-order valence-corrected chi connectivity index (χ0v) is 10.8. The summed E-state index contributed by atoms with van der Waals surface area (Å²) in [5, 5.41) is 0. The van der Waals surface area contributed by atoms with Gasteiger partial charge in [0.15, 0.2) is 5.78 Å². The van der Waals surface area contributed by atoms with Crippen molar-refractivity contribution in [3.8, 4) is 5.75 Å². The lowest BCUT2D eigenvalue weighted by atomic mass is 9.95. The van der Waals surface area contributed by atoms with Crippen LogP contribution in [0.1, 0.15) is 29.9 Å². The van der Waals surface area contributed by atoms with Crippen LogP contribution in [0.5, 0.6) is 5.75 Å². The van der Waals surface area contributed by atoms with E-state index >= 15 is 0 Å². The molecule has 1 aromatic rings. The third kappa shape index (κ3) is 2.54. The molecule has 1 heterocycles. The second-order valence-electron chi connectivity index (χ2n) is 5.19. The van der Waals surface area contributed by atoms with Crippen LogP contribution in [0.2, 0.25) is 0 Å². The van der Waals surface area contributed by atoms with Crippen LogP contribution in [0, 0.1) is 6.92 Å². The van der Waals surface area contributed by atoms with E-state index < -0.39 is 0 Å². The number of ether oxygens (including phenoxy) is 2. The molecule has 1 aliphatic heterocycles. The number of benzene rings is 1. The van der Waals surface area contributed by atoms with Crippen LogP contribution in [0.4, 0.5) is 0 Å². The maximum Gasteiger partial charge on any atom is 0.205 e. The lowest BCUT2D eigenvalue weighted by Gasteiger charge is -2.15. The van der Waals surface area contributed by atoms with Gasteiger partial charge in [0.1, 0.15) is 18.5 Å². The Bertz CT molecular complexity index is 531. The van der Waals surface area contributed by atoms with Gasteiger partial charge in [0.25, 0.3) is 0 Å². The third-order valence-corrected chi connectivity index (χ3v) is 3.62. The van der Waals surface area contributed by atoms with Crippen LogP contribution in [0.3, 0.4) is 0 Å². The average Bonchev–Trinajstić information content (AvgIpc) is 3.16. The summed E-state index contributed by atoms with van der Waals surface area (Å²) >= 11 is 0. The first kappa shape index (κ1) is 12.4. The highest BCUT2D eigenvalue weighted by Gasteiger charge is 2.35. The number of rotatable bonds is 4. The summed E-state index contributed by atoms with van der Waals surface area (Å²) in [5.41, 5.74) is 1.91. The lowest BCUT2D eigenvalue weighted by Crippen LogP contribution is -2.14. The van der Waals surface area contributed by atoms with Crippen molar-refractivity contribution in [3.63, 3.8) is 0 Å². The molecule has 1 saturated heterocycles. The van der Waals surface area contributed by atoms with Gasteiger partial charge < -0.3 is 9.47 Å². The van der Waals surface area contributed by atoms with Gasteiger partial charge in [-0.25, -0.2) is 0 Å². The standard InChI is InChI=1S/C15H16O4/c1-9-2-3-11(12-4-5-13(16)15(12)17)14(6-9)19-8-10-7-18-10/h2-3,6,10,12H,4-5,7-8H2,1H3. The van der Waals surface area contributed by atoms with Crippen molar-refractivity contribution in [1.82, 2.24) is 0 Å². The van der Waals surface area contributed by atoms with E-state index in [1.807, 2.05) is 25.1 Å². The number of hydrogen-bond donors (Lipinski definition) is 0. The van der Waals surface area contributed by atoms with E-state index in [4.69, 9.17) is 9.47 Å². The van der Waals surface area contributed by atoms with Crippen LogP contribution < -0.4 is 4.74 Å². The van der Waals surface area contributed by atoms with Gasteiger partial charge in [-0.3, -0.25) is 9.59 Å². The summed E-state index contributed by atoms with van der Waals surface area (Å²) in [4.78, 5) is 23.3. The first-order valence-corrected chi connectivity index (χ1v) is 6.57. The Morgan fingerprint density at radius 1 is 1.37 bits per heavy atom. The number of ketones is 2. The zero-order chi connectivity index (χ0) is 13.4. The Balaban J connectivity index is 1.86. The van der Waals surface area contributed by atoms with Crippen molar-refractivity contribution < 1.29 is 19.1 Å². The lowest BCUT2D eigenvalue weighted by molar-refractivity contribution is -0.134. The molecule has 0 spiro atoms. The third-order valence-electron chi connectivity index (χ3n) is 3.62. The number of carbonyl (C=O) groups is 2. The van der Waals surface area contributed by atoms with Gasteiger partial charge in [-0.05, 0) is 25.0 Å². The molecule has 1 aromatic carbocycles. The second kappa shape index (κ2) is 4.78. The normalized spacial score (nSPS) is 25.7. The Kier molecular flexibility index (Phi) is 3.11. The second-order valence-corrected chi connectivity index (χ2v) is 5.19. The molecule has 4 nitrogen and oxygen atoms in total. The predicted octanol–water partition coefficient (Wildman–Crippen LogP) is 1.79. The van der Waals surface area contributed by atoms with Crippen LogP contribution in [-0.2, 0) is 14.3 Å². The van der Waals surface area contributed by atoms with E-state index in [9.17, 15) is 9.59 Å². The van der Waals surface area contributed by atoms with Gasteiger partial charge in [-0.2, -0.15) is 0 Å². The van der Waals surface area contributed by atoms with E-state index in [1.165, 1.54) is 0 Å². The van der Waals surface area contributed by atoms with Gasteiger partial charge >= 0.3 is 0 Å².